The number of pyridine rings is 1. The first kappa shape index (κ1) is 15.2. The van der Waals surface area contributed by atoms with Gasteiger partial charge in [0, 0.05) is 31.5 Å². The lowest BCUT2D eigenvalue weighted by Crippen LogP contribution is -2.32. The van der Waals surface area contributed by atoms with Crippen LogP contribution in [-0.2, 0) is 0 Å². The Morgan fingerprint density at radius 2 is 2.05 bits per heavy atom. The topological polar surface area (TPSA) is 45.4 Å². The van der Waals surface area contributed by atoms with E-state index in [9.17, 15) is 0 Å². The molecule has 0 aromatic carbocycles. The molecule has 2 heterocycles. The third-order valence-corrected chi connectivity index (χ3v) is 4.12. The average molecular weight is 292 g/mol. The number of aromatic nitrogens is 1. The first-order valence-corrected chi connectivity index (χ1v) is 7.61. The number of aryl methyl sites for hydroxylation is 2. The summed E-state index contributed by atoms with van der Waals surface area (Å²) in [7, 11) is 2.10. The van der Waals surface area contributed by atoms with Crippen LogP contribution in [0.15, 0.2) is 6.07 Å². The second-order valence-corrected chi connectivity index (χ2v) is 6.02. The molecule has 5 heteroatoms. The van der Waals surface area contributed by atoms with Crippen LogP contribution in [0.25, 0.3) is 0 Å². The van der Waals surface area contributed by atoms with Crippen molar-refractivity contribution in [3.63, 3.8) is 0 Å². The largest absolute Gasteiger partial charge is 0.389 e. The molecule has 1 saturated heterocycles. The normalized spacial score (nSPS) is 15.6. The Kier molecular flexibility index (Phi) is 4.94. The van der Waals surface area contributed by atoms with Gasteiger partial charge in [-0.05, 0) is 45.8 Å². The highest BCUT2D eigenvalue weighted by Crippen LogP contribution is 2.23. The molecule has 1 aromatic heterocycles. The smallest absolute Gasteiger partial charge is 0.107 e. The number of hydrogen-bond donors (Lipinski definition) is 1. The van der Waals surface area contributed by atoms with Crippen molar-refractivity contribution in [2.45, 2.75) is 26.7 Å². The quantitative estimate of drug-likeness (QED) is 0.839. The predicted octanol–water partition coefficient (Wildman–Crippen LogP) is 1.86. The summed E-state index contributed by atoms with van der Waals surface area (Å²) < 4.78 is 0. The fourth-order valence-electron chi connectivity index (χ4n) is 2.83. The molecule has 0 aliphatic carbocycles. The SMILES string of the molecule is Cc1cc(N(C)CCN2CCCC2)c(C(N)=S)c(C)n1. The summed E-state index contributed by atoms with van der Waals surface area (Å²) in [5.41, 5.74) is 9.81. The number of hydrogen-bond acceptors (Lipinski definition) is 4. The number of likely N-dealkylation sites (N-methyl/N-ethyl adjacent to an activating group) is 1. The van der Waals surface area contributed by atoms with E-state index in [0.717, 1.165) is 35.7 Å². The van der Waals surface area contributed by atoms with Gasteiger partial charge in [0.2, 0.25) is 0 Å². The second-order valence-electron chi connectivity index (χ2n) is 5.58. The van der Waals surface area contributed by atoms with Crippen LogP contribution in [0.4, 0.5) is 5.69 Å². The Morgan fingerprint density at radius 1 is 1.40 bits per heavy atom. The lowest BCUT2D eigenvalue weighted by atomic mass is 10.1. The number of nitrogens with zero attached hydrogens (tertiary/aromatic N) is 3. The van der Waals surface area contributed by atoms with Crippen molar-refractivity contribution in [3.05, 3.63) is 23.0 Å². The van der Waals surface area contributed by atoms with Gasteiger partial charge >= 0.3 is 0 Å². The minimum absolute atomic E-state index is 0.429. The highest BCUT2D eigenvalue weighted by molar-refractivity contribution is 7.80. The summed E-state index contributed by atoms with van der Waals surface area (Å²) in [6.07, 6.45) is 2.66. The molecule has 0 spiro atoms. The maximum absolute atomic E-state index is 5.88. The zero-order valence-corrected chi connectivity index (χ0v) is 13.5. The number of thiocarbonyl (C=S) groups is 1. The van der Waals surface area contributed by atoms with Gasteiger partial charge in [0.15, 0.2) is 0 Å². The van der Waals surface area contributed by atoms with Crippen molar-refractivity contribution >= 4 is 22.9 Å². The van der Waals surface area contributed by atoms with Gasteiger partial charge < -0.3 is 15.5 Å². The molecule has 1 aliphatic rings. The van der Waals surface area contributed by atoms with E-state index in [0.29, 0.717) is 4.99 Å². The lowest BCUT2D eigenvalue weighted by Gasteiger charge is -2.26. The third kappa shape index (κ3) is 3.46. The Bertz CT molecular complexity index is 495. The molecule has 4 nitrogen and oxygen atoms in total. The Morgan fingerprint density at radius 3 is 2.65 bits per heavy atom. The highest BCUT2D eigenvalue weighted by Gasteiger charge is 2.16. The fourth-order valence-corrected chi connectivity index (χ4v) is 3.08. The van der Waals surface area contributed by atoms with E-state index in [1.807, 2.05) is 13.8 Å². The van der Waals surface area contributed by atoms with Crippen molar-refractivity contribution in [2.75, 3.05) is 38.1 Å². The molecule has 2 N–H and O–H groups in total. The first-order chi connectivity index (χ1) is 9.49. The molecule has 1 aliphatic heterocycles. The molecule has 2 rings (SSSR count). The van der Waals surface area contributed by atoms with Gasteiger partial charge in [0.05, 0.1) is 11.3 Å². The summed E-state index contributed by atoms with van der Waals surface area (Å²) in [4.78, 5) is 9.66. The van der Waals surface area contributed by atoms with E-state index in [1.165, 1.54) is 25.9 Å². The van der Waals surface area contributed by atoms with Crippen LogP contribution in [0.3, 0.4) is 0 Å². The van der Waals surface area contributed by atoms with Gasteiger partial charge in [-0.1, -0.05) is 12.2 Å². The van der Waals surface area contributed by atoms with Crippen molar-refractivity contribution in [1.82, 2.24) is 9.88 Å². The molecule has 0 unspecified atom stereocenters. The highest BCUT2D eigenvalue weighted by atomic mass is 32.1. The van der Waals surface area contributed by atoms with E-state index in [-0.39, 0.29) is 0 Å². The number of likely N-dealkylation sites (tertiary alicyclic amines) is 1. The number of anilines is 1. The summed E-state index contributed by atoms with van der Waals surface area (Å²) in [6.45, 7) is 8.51. The van der Waals surface area contributed by atoms with Crippen LogP contribution in [0.1, 0.15) is 29.8 Å². The summed E-state index contributed by atoms with van der Waals surface area (Å²) >= 11 is 5.19. The molecule has 0 atom stereocenters. The molecule has 0 radical (unpaired) electrons. The van der Waals surface area contributed by atoms with Gasteiger partial charge in [-0.25, -0.2) is 0 Å². The summed E-state index contributed by atoms with van der Waals surface area (Å²) in [5.74, 6) is 0. The van der Waals surface area contributed by atoms with Crippen LogP contribution < -0.4 is 10.6 Å². The zero-order valence-electron chi connectivity index (χ0n) is 12.6. The lowest BCUT2D eigenvalue weighted by molar-refractivity contribution is 0.346. The molecule has 0 bridgehead atoms. The van der Waals surface area contributed by atoms with E-state index in [4.69, 9.17) is 18.0 Å². The minimum Gasteiger partial charge on any atom is -0.389 e. The van der Waals surface area contributed by atoms with Gasteiger partial charge in [-0.3, -0.25) is 4.98 Å². The minimum atomic E-state index is 0.429. The summed E-state index contributed by atoms with van der Waals surface area (Å²) in [6, 6.07) is 2.07. The molecule has 20 heavy (non-hydrogen) atoms. The van der Waals surface area contributed by atoms with Crippen molar-refractivity contribution < 1.29 is 0 Å². The Balaban J connectivity index is 2.15. The number of nitrogens with two attached hydrogens (primary N) is 1. The molecule has 1 aromatic rings. The van der Waals surface area contributed by atoms with Gasteiger partial charge in [-0.2, -0.15) is 0 Å². The molecular formula is C15H24N4S. The standard InChI is InChI=1S/C15H24N4S/c1-11-10-13(14(15(16)20)12(2)17-11)18(3)8-9-19-6-4-5-7-19/h10H,4-9H2,1-3H3,(H2,16,20). The van der Waals surface area contributed by atoms with Crippen LogP contribution in [0.5, 0.6) is 0 Å². The van der Waals surface area contributed by atoms with Crippen molar-refractivity contribution in [3.8, 4) is 0 Å². The molecule has 0 amide bonds. The number of rotatable bonds is 5. The van der Waals surface area contributed by atoms with E-state index in [1.54, 1.807) is 0 Å². The van der Waals surface area contributed by atoms with Crippen LogP contribution >= 0.6 is 12.2 Å². The van der Waals surface area contributed by atoms with Crippen molar-refractivity contribution in [2.24, 2.45) is 5.73 Å². The van der Waals surface area contributed by atoms with Gasteiger partial charge in [0.1, 0.15) is 4.99 Å². The van der Waals surface area contributed by atoms with Gasteiger partial charge in [-0.15, -0.1) is 0 Å². The van der Waals surface area contributed by atoms with E-state index >= 15 is 0 Å². The Hall–Kier alpha value is -1.20. The van der Waals surface area contributed by atoms with Crippen LogP contribution in [0, 0.1) is 13.8 Å². The first-order valence-electron chi connectivity index (χ1n) is 7.20. The maximum Gasteiger partial charge on any atom is 0.107 e. The molecular weight excluding hydrogens is 268 g/mol. The Labute approximate surface area is 127 Å². The average Bonchev–Trinajstić information content (AvgIpc) is 2.87. The van der Waals surface area contributed by atoms with E-state index in [2.05, 4.69) is 27.9 Å². The second kappa shape index (κ2) is 6.50. The molecule has 1 fully saturated rings. The van der Waals surface area contributed by atoms with E-state index < -0.39 is 0 Å². The predicted molar refractivity (Wildman–Crippen MR) is 88.5 cm³/mol. The third-order valence-electron chi connectivity index (χ3n) is 3.92. The van der Waals surface area contributed by atoms with Crippen molar-refractivity contribution in [1.29, 1.82) is 0 Å². The summed E-state index contributed by atoms with van der Waals surface area (Å²) in [5, 5.41) is 0. The monoisotopic (exact) mass is 292 g/mol. The molecule has 110 valence electrons. The molecule has 0 saturated carbocycles. The zero-order chi connectivity index (χ0) is 14.7. The van der Waals surface area contributed by atoms with Crippen LogP contribution in [-0.4, -0.2) is 48.1 Å². The van der Waals surface area contributed by atoms with Gasteiger partial charge in [0.25, 0.3) is 0 Å². The maximum atomic E-state index is 5.88. The fraction of sp³-hybridized carbons (Fsp3) is 0.600. The van der Waals surface area contributed by atoms with Crippen LogP contribution in [0.2, 0.25) is 0 Å².